The lowest BCUT2D eigenvalue weighted by molar-refractivity contribution is -0.116. The molecule has 0 radical (unpaired) electrons. The van der Waals surface area contributed by atoms with E-state index in [1.165, 1.54) is 7.11 Å². The molecule has 2 N–H and O–H groups in total. The Morgan fingerprint density at radius 1 is 1.30 bits per heavy atom. The van der Waals surface area contributed by atoms with E-state index in [1.807, 2.05) is 44.2 Å². The summed E-state index contributed by atoms with van der Waals surface area (Å²) in [6, 6.07) is 5.56. The van der Waals surface area contributed by atoms with Crippen LogP contribution in [0.5, 0.6) is 0 Å². The van der Waals surface area contributed by atoms with Crippen LogP contribution in [-0.4, -0.2) is 48.8 Å². The summed E-state index contributed by atoms with van der Waals surface area (Å²) in [7, 11) is 2.90. The van der Waals surface area contributed by atoms with Gasteiger partial charge in [-0.25, -0.2) is 9.78 Å². The van der Waals surface area contributed by atoms with Crippen LogP contribution in [0.15, 0.2) is 41.2 Å². The molecule has 0 aliphatic carbocycles. The number of carbonyl (C=O) groups is 2. The normalized spacial score (nSPS) is 11.4. The minimum absolute atomic E-state index is 0.171. The molecule has 0 spiro atoms. The topological polar surface area (TPSA) is 108 Å². The van der Waals surface area contributed by atoms with Crippen molar-refractivity contribution in [3.8, 4) is 0 Å². The highest BCUT2D eigenvalue weighted by Gasteiger charge is 2.26. The summed E-state index contributed by atoms with van der Waals surface area (Å²) in [5.74, 6) is 0.198. The van der Waals surface area contributed by atoms with Crippen LogP contribution in [0, 0.1) is 5.92 Å². The fourth-order valence-electron chi connectivity index (χ4n) is 3.46. The molecule has 9 heteroatoms. The number of rotatable bonds is 11. The maximum atomic E-state index is 12.7. The van der Waals surface area contributed by atoms with Gasteiger partial charge in [0.15, 0.2) is 5.69 Å². The molecule has 176 valence electrons. The molecule has 33 heavy (non-hydrogen) atoms. The molecule has 0 fully saturated rings. The van der Waals surface area contributed by atoms with Gasteiger partial charge in [0, 0.05) is 32.0 Å². The molecule has 3 aromatic heterocycles. The second kappa shape index (κ2) is 11.3. The zero-order valence-electron chi connectivity index (χ0n) is 19.4. The molecule has 0 bridgehead atoms. The van der Waals surface area contributed by atoms with Gasteiger partial charge in [-0.15, -0.1) is 0 Å². The van der Waals surface area contributed by atoms with E-state index in [1.54, 1.807) is 24.1 Å². The van der Waals surface area contributed by atoms with Crippen LogP contribution in [0.2, 0.25) is 0 Å². The average Bonchev–Trinajstić information content (AvgIpc) is 3.40. The first-order valence-corrected chi connectivity index (χ1v) is 10.8. The van der Waals surface area contributed by atoms with E-state index >= 15 is 0 Å². The van der Waals surface area contributed by atoms with Gasteiger partial charge in [0.2, 0.25) is 5.91 Å². The van der Waals surface area contributed by atoms with Crippen molar-refractivity contribution in [1.29, 1.82) is 0 Å². The van der Waals surface area contributed by atoms with E-state index in [2.05, 4.69) is 15.6 Å². The van der Waals surface area contributed by atoms with E-state index < -0.39 is 5.97 Å². The zero-order chi connectivity index (χ0) is 23.8. The maximum Gasteiger partial charge on any atom is 0.356 e. The SMILES string of the molecule is COCCn1c(C(=O)OC)c(NC(=O)CC(C)C)c2cc(NC/C=C/c3ccco3)cnc21. The Hall–Kier alpha value is -3.59. The predicted octanol–water partition coefficient (Wildman–Crippen LogP) is 4.17. The fraction of sp³-hybridized carbons (Fsp3) is 0.375. The number of anilines is 2. The number of furan rings is 1. The molecule has 9 nitrogen and oxygen atoms in total. The molecule has 1 amide bonds. The summed E-state index contributed by atoms with van der Waals surface area (Å²) in [6.07, 6.45) is 7.43. The Balaban J connectivity index is 1.98. The van der Waals surface area contributed by atoms with Crippen LogP contribution in [0.25, 0.3) is 17.1 Å². The number of amides is 1. The lowest BCUT2D eigenvalue weighted by Crippen LogP contribution is -2.19. The second-order valence-electron chi connectivity index (χ2n) is 7.90. The molecule has 3 heterocycles. The third kappa shape index (κ3) is 6.01. The number of esters is 1. The Bertz CT molecular complexity index is 1120. The van der Waals surface area contributed by atoms with Crippen molar-refractivity contribution in [2.24, 2.45) is 5.92 Å². The Kier molecular flexibility index (Phi) is 8.26. The minimum atomic E-state index is -0.556. The third-order valence-corrected chi connectivity index (χ3v) is 4.90. The number of hydrogen-bond acceptors (Lipinski definition) is 7. The van der Waals surface area contributed by atoms with E-state index in [9.17, 15) is 9.59 Å². The number of methoxy groups -OCH3 is 2. The van der Waals surface area contributed by atoms with Gasteiger partial charge in [-0.05, 0) is 30.2 Å². The first kappa shape index (κ1) is 24.1. The Morgan fingerprint density at radius 2 is 2.12 bits per heavy atom. The monoisotopic (exact) mass is 454 g/mol. The highest BCUT2D eigenvalue weighted by molar-refractivity contribution is 6.11. The molecule has 3 aromatic rings. The lowest BCUT2D eigenvalue weighted by atomic mass is 10.1. The number of carbonyl (C=O) groups excluding carboxylic acids is 2. The summed E-state index contributed by atoms with van der Waals surface area (Å²) in [5, 5.41) is 6.83. The molecule has 0 aliphatic heterocycles. The van der Waals surface area contributed by atoms with Gasteiger partial charge < -0.3 is 29.1 Å². The largest absolute Gasteiger partial charge is 0.465 e. The van der Waals surface area contributed by atoms with Crippen molar-refractivity contribution >= 4 is 40.4 Å². The predicted molar refractivity (Wildman–Crippen MR) is 127 cm³/mol. The molecule has 0 saturated heterocycles. The van der Waals surface area contributed by atoms with Crippen molar-refractivity contribution in [2.75, 3.05) is 38.0 Å². The lowest BCUT2D eigenvalue weighted by Gasteiger charge is -2.11. The number of nitrogens with zero attached hydrogens (tertiary/aromatic N) is 2. The quantitative estimate of drug-likeness (QED) is 0.419. The van der Waals surface area contributed by atoms with Crippen molar-refractivity contribution < 1.29 is 23.5 Å². The van der Waals surface area contributed by atoms with Gasteiger partial charge in [-0.3, -0.25) is 4.79 Å². The number of hydrogen-bond donors (Lipinski definition) is 2. The van der Waals surface area contributed by atoms with E-state index in [-0.39, 0.29) is 17.5 Å². The van der Waals surface area contributed by atoms with Crippen LogP contribution in [0.4, 0.5) is 11.4 Å². The smallest absolute Gasteiger partial charge is 0.356 e. The number of pyridine rings is 1. The van der Waals surface area contributed by atoms with Gasteiger partial charge in [0.05, 0.1) is 37.6 Å². The van der Waals surface area contributed by atoms with Crippen molar-refractivity contribution in [3.05, 3.63) is 48.2 Å². The number of ether oxygens (including phenoxy) is 2. The van der Waals surface area contributed by atoms with Gasteiger partial charge in [0.25, 0.3) is 0 Å². The van der Waals surface area contributed by atoms with Crippen LogP contribution >= 0.6 is 0 Å². The van der Waals surface area contributed by atoms with Gasteiger partial charge in [0.1, 0.15) is 11.4 Å². The Labute approximate surface area is 192 Å². The van der Waals surface area contributed by atoms with Gasteiger partial charge in [-0.1, -0.05) is 19.9 Å². The van der Waals surface area contributed by atoms with E-state index in [0.717, 1.165) is 11.4 Å². The third-order valence-electron chi connectivity index (χ3n) is 4.90. The van der Waals surface area contributed by atoms with Crippen LogP contribution in [-0.2, 0) is 20.8 Å². The van der Waals surface area contributed by atoms with Crippen LogP contribution < -0.4 is 10.6 Å². The maximum absolute atomic E-state index is 12.7. The van der Waals surface area contributed by atoms with Crippen LogP contribution in [0.3, 0.4) is 0 Å². The molecule has 0 unspecified atom stereocenters. The molecule has 0 aliphatic rings. The zero-order valence-corrected chi connectivity index (χ0v) is 19.4. The first-order chi connectivity index (χ1) is 15.9. The Morgan fingerprint density at radius 3 is 2.79 bits per heavy atom. The van der Waals surface area contributed by atoms with E-state index in [0.29, 0.717) is 42.8 Å². The summed E-state index contributed by atoms with van der Waals surface area (Å²) in [5.41, 5.74) is 1.93. The molecule has 0 atom stereocenters. The molecular formula is C24H30N4O5. The van der Waals surface area contributed by atoms with Gasteiger partial charge in [-0.2, -0.15) is 0 Å². The standard InChI is InChI=1S/C24H30N4O5/c1-16(2)13-20(29)27-21-19-14-17(25-9-5-7-18-8-6-11-33-18)15-26-23(19)28(10-12-31-3)22(21)24(30)32-4/h5-8,11,14-16,25H,9-10,12-13H2,1-4H3,(H,27,29)/b7-5+. The molecule has 0 saturated carbocycles. The summed E-state index contributed by atoms with van der Waals surface area (Å²) < 4.78 is 17.2. The van der Waals surface area contributed by atoms with E-state index in [4.69, 9.17) is 13.9 Å². The number of nitrogens with one attached hydrogen (secondary N) is 2. The van der Waals surface area contributed by atoms with Crippen molar-refractivity contribution in [2.45, 2.75) is 26.8 Å². The fourth-order valence-corrected chi connectivity index (χ4v) is 3.46. The molecule has 0 aromatic carbocycles. The minimum Gasteiger partial charge on any atom is -0.465 e. The highest BCUT2D eigenvalue weighted by atomic mass is 16.5. The molecule has 3 rings (SSSR count). The van der Waals surface area contributed by atoms with Crippen molar-refractivity contribution in [1.82, 2.24) is 9.55 Å². The summed E-state index contributed by atoms with van der Waals surface area (Å²) in [6.45, 7) is 5.21. The van der Waals surface area contributed by atoms with Crippen LogP contribution in [0.1, 0.15) is 36.5 Å². The number of aromatic nitrogens is 2. The number of fused-ring (bicyclic) bond motifs is 1. The molecular weight excluding hydrogens is 424 g/mol. The summed E-state index contributed by atoms with van der Waals surface area (Å²) in [4.78, 5) is 29.9. The second-order valence-corrected chi connectivity index (χ2v) is 7.90. The summed E-state index contributed by atoms with van der Waals surface area (Å²) >= 11 is 0. The average molecular weight is 455 g/mol. The first-order valence-electron chi connectivity index (χ1n) is 10.8. The van der Waals surface area contributed by atoms with Gasteiger partial charge >= 0.3 is 5.97 Å². The highest BCUT2D eigenvalue weighted by Crippen LogP contribution is 2.33. The van der Waals surface area contributed by atoms with Crippen molar-refractivity contribution in [3.63, 3.8) is 0 Å².